The van der Waals surface area contributed by atoms with Gasteiger partial charge < -0.3 is 4.42 Å². The standard InChI is InChI=1S/C23H18O2S/c24-23-13-19(21-11-17-6-3-7-18(17)12-22(21)25-23)14-26-20-9-8-15-4-1-2-5-16(15)10-20/h1-2,4-5,8-13H,3,6-7,14H2. The molecule has 0 radical (unpaired) electrons. The lowest BCUT2D eigenvalue weighted by Crippen LogP contribution is -2.00. The summed E-state index contributed by atoms with van der Waals surface area (Å²) in [7, 11) is 0. The molecule has 1 aromatic heterocycles. The van der Waals surface area contributed by atoms with Crippen LogP contribution in [0.1, 0.15) is 23.1 Å². The Hall–Kier alpha value is -2.52. The fourth-order valence-electron chi connectivity index (χ4n) is 3.83. The third-order valence-corrected chi connectivity index (χ3v) is 6.20. The van der Waals surface area contributed by atoms with E-state index in [1.54, 1.807) is 17.8 Å². The van der Waals surface area contributed by atoms with Gasteiger partial charge in [-0.3, -0.25) is 0 Å². The first-order valence-corrected chi connectivity index (χ1v) is 9.95. The summed E-state index contributed by atoms with van der Waals surface area (Å²) in [5.74, 6) is 0.763. The predicted octanol–water partition coefficient (Wildman–Crippen LogP) is 5.73. The van der Waals surface area contributed by atoms with Crippen LogP contribution in [0.2, 0.25) is 0 Å². The minimum Gasteiger partial charge on any atom is -0.423 e. The van der Waals surface area contributed by atoms with Gasteiger partial charge in [-0.25, -0.2) is 4.79 Å². The molecule has 0 saturated heterocycles. The first kappa shape index (κ1) is 15.7. The molecule has 1 heterocycles. The van der Waals surface area contributed by atoms with E-state index in [1.807, 2.05) is 0 Å². The van der Waals surface area contributed by atoms with Gasteiger partial charge in [0, 0.05) is 22.1 Å². The van der Waals surface area contributed by atoms with E-state index in [0.717, 1.165) is 35.1 Å². The second-order valence-corrected chi connectivity index (χ2v) is 7.91. The van der Waals surface area contributed by atoms with Crippen LogP contribution < -0.4 is 5.63 Å². The highest BCUT2D eigenvalue weighted by Gasteiger charge is 2.15. The second kappa shape index (κ2) is 6.33. The smallest absolute Gasteiger partial charge is 0.336 e. The first-order valence-electron chi connectivity index (χ1n) is 8.96. The zero-order valence-corrected chi connectivity index (χ0v) is 15.1. The van der Waals surface area contributed by atoms with E-state index in [0.29, 0.717) is 0 Å². The molecule has 0 fully saturated rings. The Kier molecular flexibility index (Phi) is 3.83. The summed E-state index contributed by atoms with van der Waals surface area (Å²) in [6, 6.07) is 20.9. The quantitative estimate of drug-likeness (QED) is 0.346. The van der Waals surface area contributed by atoms with Crippen LogP contribution in [0.3, 0.4) is 0 Å². The Bertz CT molecular complexity index is 1190. The molecule has 0 N–H and O–H groups in total. The van der Waals surface area contributed by atoms with Crippen molar-refractivity contribution in [3.05, 3.63) is 87.8 Å². The molecule has 3 heteroatoms. The van der Waals surface area contributed by atoms with Gasteiger partial charge in [0.05, 0.1) is 0 Å². The summed E-state index contributed by atoms with van der Waals surface area (Å²) in [6.07, 6.45) is 3.41. The highest BCUT2D eigenvalue weighted by Crippen LogP contribution is 2.32. The highest BCUT2D eigenvalue weighted by atomic mass is 32.2. The number of thioether (sulfide) groups is 1. The number of hydrogen-bond donors (Lipinski definition) is 0. The van der Waals surface area contributed by atoms with Crippen LogP contribution in [0.5, 0.6) is 0 Å². The van der Waals surface area contributed by atoms with Gasteiger partial charge in [0.15, 0.2) is 0 Å². The molecule has 1 aliphatic rings. The highest BCUT2D eigenvalue weighted by molar-refractivity contribution is 7.98. The van der Waals surface area contributed by atoms with Crippen LogP contribution in [0.25, 0.3) is 21.7 Å². The van der Waals surface area contributed by atoms with Crippen LogP contribution in [0, 0.1) is 0 Å². The molecular formula is C23H18O2S. The topological polar surface area (TPSA) is 30.2 Å². The molecule has 0 saturated carbocycles. The Labute approximate surface area is 155 Å². The molecule has 5 rings (SSSR count). The van der Waals surface area contributed by atoms with E-state index in [4.69, 9.17) is 4.42 Å². The monoisotopic (exact) mass is 358 g/mol. The maximum absolute atomic E-state index is 12.0. The van der Waals surface area contributed by atoms with Crippen molar-refractivity contribution in [3.8, 4) is 0 Å². The lowest BCUT2D eigenvalue weighted by molar-refractivity contribution is 0.559. The van der Waals surface area contributed by atoms with Crippen molar-refractivity contribution in [2.45, 2.75) is 29.9 Å². The molecule has 0 aliphatic heterocycles. The number of aryl methyl sites for hydroxylation is 2. The number of hydrogen-bond acceptors (Lipinski definition) is 3. The SMILES string of the molecule is O=c1cc(CSc2ccc3ccccc3c2)c2cc3c(cc2o1)CCC3. The normalized spacial score (nSPS) is 13.4. The average molecular weight is 358 g/mol. The summed E-state index contributed by atoms with van der Waals surface area (Å²) in [6.45, 7) is 0. The molecule has 1 aliphatic carbocycles. The third-order valence-electron chi connectivity index (χ3n) is 5.16. The van der Waals surface area contributed by atoms with E-state index < -0.39 is 0 Å². The predicted molar refractivity (Wildman–Crippen MR) is 108 cm³/mol. The van der Waals surface area contributed by atoms with E-state index >= 15 is 0 Å². The summed E-state index contributed by atoms with van der Waals surface area (Å²) in [5, 5.41) is 3.57. The van der Waals surface area contributed by atoms with Crippen molar-refractivity contribution >= 4 is 33.5 Å². The fraction of sp³-hybridized carbons (Fsp3) is 0.174. The van der Waals surface area contributed by atoms with Gasteiger partial charge >= 0.3 is 5.63 Å². The maximum atomic E-state index is 12.0. The van der Waals surface area contributed by atoms with Gasteiger partial charge in [-0.15, -0.1) is 11.8 Å². The van der Waals surface area contributed by atoms with Crippen molar-refractivity contribution in [3.63, 3.8) is 0 Å². The van der Waals surface area contributed by atoms with Crippen LogP contribution >= 0.6 is 11.8 Å². The molecule has 3 aromatic carbocycles. The molecule has 26 heavy (non-hydrogen) atoms. The summed E-state index contributed by atoms with van der Waals surface area (Å²) in [5.41, 5.74) is 4.27. The summed E-state index contributed by atoms with van der Waals surface area (Å²) >= 11 is 1.76. The van der Waals surface area contributed by atoms with Gasteiger partial charge in [0.2, 0.25) is 0 Å². The molecule has 0 bridgehead atoms. The van der Waals surface area contributed by atoms with Gasteiger partial charge in [-0.1, -0.05) is 30.3 Å². The number of fused-ring (bicyclic) bond motifs is 3. The largest absolute Gasteiger partial charge is 0.423 e. The van der Waals surface area contributed by atoms with Crippen molar-refractivity contribution in [1.82, 2.24) is 0 Å². The Morgan fingerprint density at radius 1 is 0.885 bits per heavy atom. The van der Waals surface area contributed by atoms with Crippen molar-refractivity contribution in [2.75, 3.05) is 0 Å². The van der Waals surface area contributed by atoms with Crippen LogP contribution in [0.15, 0.2) is 74.8 Å². The van der Waals surface area contributed by atoms with Crippen LogP contribution in [0.4, 0.5) is 0 Å². The minimum atomic E-state index is -0.260. The molecule has 0 amide bonds. The minimum absolute atomic E-state index is 0.260. The van der Waals surface area contributed by atoms with E-state index in [-0.39, 0.29) is 5.63 Å². The molecule has 128 valence electrons. The van der Waals surface area contributed by atoms with Gasteiger partial charge in [-0.05, 0) is 71.0 Å². The molecule has 4 aromatic rings. The third kappa shape index (κ3) is 2.82. The van der Waals surface area contributed by atoms with E-state index in [1.165, 1.54) is 33.2 Å². The Balaban J connectivity index is 1.51. The zero-order chi connectivity index (χ0) is 17.5. The molecular weight excluding hydrogens is 340 g/mol. The van der Waals surface area contributed by atoms with Crippen LogP contribution in [-0.2, 0) is 18.6 Å². The molecule has 0 atom stereocenters. The van der Waals surface area contributed by atoms with Gasteiger partial charge in [0.25, 0.3) is 0 Å². The first-order chi connectivity index (χ1) is 12.8. The van der Waals surface area contributed by atoms with Crippen molar-refractivity contribution < 1.29 is 4.42 Å². The lowest BCUT2D eigenvalue weighted by atomic mass is 10.0. The zero-order valence-electron chi connectivity index (χ0n) is 14.3. The lowest BCUT2D eigenvalue weighted by Gasteiger charge is -2.08. The van der Waals surface area contributed by atoms with Gasteiger partial charge in [-0.2, -0.15) is 0 Å². The summed E-state index contributed by atoms with van der Waals surface area (Å²) < 4.78 is 5.47. The Morgan fingerprint density at radius 2 is 1.69 bits per heavy atom. The maximum Gasteiger partial charge on any atom is 0.336 e. The second-order valence-electron chi connectivity index (χ2n) is 6.86. The molecule has 2 nitrogen and oxygen atoms in total. The van der Waals surface area contributed by atoms with Crippen LogP contribution in [-0.4, -0.2) is 0 Å². The summed E-state index contributed by atoms with van der Waals surface area (Å²) in [4.78, 5) is 13.2. The molecule has 0 unspecified atom stereocenters. The van der Waals surface area contributed by atoms with E-state index in [2.05, 4.69) is 54.6 Å². The average Bonchev–Trinajstić information content (AvgIpc) is 3.11. The fourth-order valence-corrected chi connectivity index (χ4v) is 4.77. The number of rotatable bonds is 3. The van der Waals surface area contributed by atoms with Gasteiger partial charge in [0.1, 0.15) is 5.58 Å². The van der Waals surface area contributed by atoms with Crippen molar-refractivity contribution in [2.24, 2.45) is 0 Å². The Morgan fingerprint density at radius 3 is 2.58 bits per heavy atom. The number of benzene rings is 3. The molecule has 0 spiro atoms. The van der Waals surface area contributed by atoms with Crippen molar-refractivity contribution in [1.29, 1.82) is 0 Å². The van der Waals surface area contributed by atoms with E-state index in [9.17, 15) is 4.79 Å².